The summed E-state index contributed by atoms with van der Waals surface area (Å²) in [7, 11) is 1.37. The molecule has 2 aromatic carbocycles. The van der Waals surface area contributed by atoms with E-state index in [-0.39, 0.29) is 23.5 Å². The van der Waals surface area contributed by atoms with Gasteiger partial charge in [-0.1, -0.05) is 19.1 Å². The molecule has 0 aliphatic heterocycles. The van der Waals surface area contributed by atoms with E-state index in [2.05, 4.69) is 25.3 Å². The van der Waals surface area contributed by atoms with Crippen LogP contribution in [0.25, 0.3) is 11.3 Å². The Labute approximate surface area is 182 Å². The molecule has 1 atom stereocenters. The number of rotatable bonds is 8. The highest BCUT2D eigenvalue weighted by Crippen LogP contribution is 2.30. The Balaban J connectivity index is 1.98. The topological polar surface area (TPSA) is 68.3 Å². The fourth-order valence-electron chi connectivity index (χ4n) is 2.79. The van der Waals surface area contributed by atoms with E-state index < -0.39 is 12.2 Å². The van der Waals surface area contributed by atoms with E-state index in [4.69, 9.17) is 4.74 Å². The van der Waals surface area contributed by atoms with Crippen LogP contribution >= 0.6 is 0 Å². The minimum absolute atomic E-state index is 0.0522. The lowest BCUT2D eigenvalue weighted by atomic mass is 10.1. The van der Waals surface area contributed by atoms with Crippen molar-refractivity contribution in [3.05, 3.63) is 54.3 Å². The molecule has 0 amide bonds. The molecule has 6 nitrogen and oxygen atoms in total. The zero-order chi connectivity index (χ0) is 23.3. The number of hydrogen-bond donors (Lipinski definition) is 2. The first-order valence-electron chi connectivity index (χ1n) is 9.79. The molecule has 3 rings (SSSR count). The smallest absolute Gasteiger partial charge is 0.494 e. The normalized spacial score (nSPS) is 12.2. The quantitative estimate of drug-likeness (QED) is 0.402. The highest BCUT2D eigenvalue weighted by Gasteiger charge is 2.31. The third kappa shape index (κ3) is 6.22. The molecule has 32 heavy (non-hydrogen) atoms. The summed E-state index contributed by atoms with van der Waals surface area (Å²) in [6.45, 7) is 3.93. The van der Waals surface area contributed by atoms with Crippen LogP contribution in [0, 0.1) is 5.82 Å². The van der Waals surface area contributed by atoms with Crippen LogP contribution in [0.5, 0.6) is 11.5 Å². The number of aromatic nitrogens is 2. The van der Waals surface area contributed by atoms with Crippen LogP contribution in [0.15, 0.2) is 48.5 Å². The summed E-state index contributed by atoms with van der Waals surface area (Å²) in [6.07, 6.45) is -4.01. The molecule has 0 saturated carbocycles. The molecule has 0 saturated heterocycles. The maximum Gasteiger partial charge on any atom is 0.573 e. The average molecular weight is 450 g/mol. The molecule has 0 aliphatic rings. The number of hydrogen-bond acceptors (Lipinski definition) is 6. The molecule has 1 heterocycles. The summed E-state index contributed by atoms with van der Waals surface area (Å²) >= 11 is 0. The fraction of sp³-hybridized carbons (Fsp3) is 0.273. The van der Waals surface area contributed by atoms with Crippen molar-refractivity contribution in [3.63, 3.8) is 0 Å². The van der Waals surface area contributed by atoms with Gasteiger partial charge in [0.15, 0.2) is 11.6 Å². The van der Waals surface area contributed by atoms with Crippen LogP contribution in [0.1, 0.15) is 20.3 Å². The fourth-order valence-corrected chi connectivity index (χ4v) is 2.79. The zero-order valence-corrected chi connectivity index (χ0v) is 17.6. The van der Waals surface area contributed by atoms with Gasteiger partial charge in [0.25, 0.3) is 0 Å². The highest BCUT2D eigenvalue weighted by atomic mass is 19.4. The standard InChI is InChI=1S/C22H22F4N4O2/c1-4-13(2)27-21-29-18(14-6-5-7-16(10-14)32-22(24,25)26)12-20(30-21)28-15-8-9-19(31-3)17(23)11-15/h5-13H,4H2,1-3H3,(H2,27,28,29,30)/t13-/m1/s1. The third-order valence-electron chi connectivity index (χ3n) is 4.50. The Bertz CT molecular complexity index is 1080. The van der Waals surface area contributed by atoms with E-state index in [0.29, 0.717) is 22.8 Å². The number of halogens is 4. The van der Waals surface area contributed by atoms with Crippen molar-refractivity contribution >= 4 is 17.5 Å². The first kappa shape index (κ1) is 23.1. The monoisotopic (exact) mass is 450 g/mol. The number of methoxy groups -OCH3 is 1. The maximum atomic E-state index is 14.1. The number of ether oxygens (including phenoxy) is 2. The van der Waals surface area contributed by atoms with Gasteiger partial charge in [0.05, 0.1) is 12.8 Å². The predicted octanol–water partition coefficient (Wildman–Crippen LogP) is 6.14. The van der Waals surface area contributed by atoms with E-state index in [1.54, 1.807) is 18.2 Å². The summed E-state index contributed by atoms with van der Waals surface area (Å²) < 4.78 is 60.8. The summed E-state index contributed by atoms with van der Waals surface area (Å²) in [4.78, 5) is 8.82. The van der Waals surface area contributed by atoms with Crippen LogP contribution in [0.4, 0.5) is 35.0 Å². The largest absolute Gasteiger partial charge is 0.573 e. The van der Waals surface area contributed by atoms with E-state index in [9.17, 15) is 17.6 Å². The first-order chi connectivity index (χ1) is 15.2. The lowest BCUT2D eigenvalue weighted by Crippen LogP contribution is -2.17. The van der Waals surface area contributed by atoms with E-state index in [1.165, 1.54) is 37.4 Å². The maximum absolute atomic E-state index is 14.1. The van der Waals surface area contributed by atoms with Gasteiger partial charge in [-0.05, 0) is 37.6 Å². The molecule has 1 aromatic heterocycles. The number of nitrogens with one attached hydrogen (secondary N) is 2. The molecule has 170 valence electrons. The van der Waals surface area contributed by atoms with Crippen LogP contribution in [-0.4, -0.2) is 29.5 Å². The minimum atomic E-state index is -4.81. The zero-order valence-electron chi connectivity index (χ0n) is 17.6. The van der Waals surface area contributed by atoms with E-state index >= 15 is 0 Å². The van der Waals surface area contributed by atoms with Crippen molar-refractivity contribution in [2.24, 2.45) is 0 Å². The van der Waals surface area contributed by atoms with Crippen molar-refractivity contribution < 1.29 is 27.0 Å². The van der Waals surface area contributed by atoms with Gasteiger partial charge in [0, 0.05) is 29.4 Å². The molecular weight excluding hydrogens is 428 g/mol. The molecule has 2 N–H and O–H groups in total. The van der Waals surface area contributed by atoms with Crippen LogP contribution < -0.4 is 20.1 Å². The second-order valence-electron chi connectivity index (χ2n) is 6.97. The molecule has 0 spiro atoms. The van der Waals surface area contributed by atoms with Gasteiger partial charge < -0.3 is 20.1 Å². The summed E-state index contributed by atoms with van der Waals surface area (Å²) in [5, 5.41) is 6.14. The van der Waals surface area contributed by atoms with Crippen LogP contribution in [0.2, 0.25) is 0 Å². The Morgan fingerprint density at radius 2 is 1.84 bits per heavy atom. The van der Waals surface area contributed by atoms with Crippen molar-refractivity contribution in [2.45, 2.75) is 32.7 Å². The van der Waals surface area contributed by atoms with Gasteiger partial charge in [-0.3, -0.25) is 0 Å². The van der Waals surface area contributed by atoms with E-state index in [1.807, 2.05) is 13.8 Å². The van der Waals surface area contributed by atoms with Crippen molar-refractivity contribution in [1.29, 1.82) is 0 Å². The second-order valence-corrected chi connectivity index (χ2v) is 6.97. The summed E-state index contributed by atoms with van der Waals surface area (Å²) in [5.41, 5.74) is 1.16. The van der Waals surface area contributed by atoms with Gasteiger partial charge in [-0.2, -0.15) is 4.98 Å². The average Bonchev–Trinajstić information content (AvgIpc) is 2.72. The van der Waals surface area contributed by atoms with Gasteiger partial charge in [0.2, 0.25) is 5.95 Å². The van der Waals surface area contributed by atoms with Gasteiger partial charge >= 0.3 is 6.36 Å². The SMILES string of the molecule is CC[C@@H](C)Nc1nc(Nc2ccc(OC)c(F)c2)cc(-c2cccc(OC(F)(F)F)c2)n1. The first-order valence-corrected chi connectivity index (χ1v) is 9.79. The lowest BCUT2D eigenvalue weighted by Gasteiger charge is -2.15. The van der Waals surface area contributed by atoms with Gasteiger partial charge in [-0.25, -0.2) is 9.37 Å². The second kappa shape index (κ2) is 9.71. The van der Waals surface area contributed by atoms with Crippen molar-refractivity contribution in [3.8, 4) is 22.8 Å². The molecule has 0 radical (unpaired) electrons. The number of anilines is 3. The molecular formula is C22H22F4N4O2. The summed E-state index contributed by atoms with van der Waals surface area (Å²) in [6, 6.07) is 11.4. The molecule has 3 aromatic rings. The van der Waals surface area contributed by atoms with Crippen molar-refractivity contribution in [1.82, 2.24) is 9.97 Å². The van der Waals surface area contributed by atoms with E-state index in [0.717, 1.165) is 6.42 Å². The van der Waals surface area contributed by atoms with Gasteiger partial charge in [-0.15, -0.1) is 13.2 Å². The molecule has 0 bridgehead atoms. The van der Waals surface area contributed by atoms with Crippen molar-refractivity contribution in [2.75, 3.05) is 17.7 Å². The van der Waals surface area contributed by atoms with Gasteiger partial charge in [0.1, 0.15) is 11.6 Å². The highest BCUT2D eigenvalue weighted by molar-refractivity contribution is 5.68. The molecule has 0 fully saturated rings. The molecule has 0 unspecified atom stereocenters. The minimum Gasteiger partial charge on any atom is -0.494 e. The number of nitrogens with zero attached hydrogens (tertiary/aromatic N) is 2. The summed E-state index contributed by atoms with van der Waals surface area (Å²) in [5.74, 6) is -0.221. The number of alkyl halides is 3. The van der Waals surface area contributed by atoms with Crippen LogP contribution in [0.3, 0.4) is 0 Å². The molecule has 10 heteroatoms. The molecule has 0 aliphatic carbocycles. The lowest BCUT2D eigenvalue weighted by molar-refractivity contribution is -0.274. The number of benzene rings is 2. The Kier molecular flexibility index (Phi) is 7.01. The third-order valence-corrected chi connectivity index (χ3v) is 4.50. The predicted molar refractivity (Wildman–Crippen MR) is 114 cm³/mol. The Hall–Kier alpha value is -3.56. The Morgan fingerprint density at radius 3 is 2.50 bits per heavy atom. The van der Waals surface area contributed by atoms with Crippen LogP contribution in [-0.2, 0) is 0 Å². The Morgan fingerprint density at radius 1 is 1.06 bits per heavy atom.